The second-order valence-electron chi connectivity index (χ2n) is 4.49. The normalized spacial score (nSPS) is 19.6. The van der Waals surface area contributed by atoms with Crippen molar-refractivity contribution in [2.75, 3.05) is 36.6 Å². The Bertz CT molecular complexity index is 395. The van der Waals surface area contributed by atoms with Crippen molar-refractivity contribution in [3.05, 3.63) is 5.28 Å². The van der Waals surface area contributed by atoms with Crippen LogP contribution in [0.4, 0.5) is 11.9 Å². The Morgan fingerprint density at radius 2 is 2.17 bits per heavy atom. The molecular weight excluding hydrogens is 270 g/mol. The molecule has 1 aliphatic heterocycles. The Labute approximate surface area is 117 Å². The monoisotopic (exact) mass is 287 g/mol. The maximum absolute atomic E-state index is 5.88. The first-order valence-electron chi connectivity index (χ1n) is 6.09. The quantitative estimate of drug-likeness (QED) is 0.917. The van der Waals surface area contributed by atoms with Gasteiger partial charge in [-0.15, -0.1) is 0 Å². The maximum Gasteiger partial charge on any atom is 0.230 e. The van der Waals surface area contributed by atoms with E-state index in [-0.39, 0.29) is 5.28 Å². The Morgan fingerprint density at radius 1 is 1.33 bits per heavy atom. The number of thioether (sulfide) groups is 1. The summed E-state index contributed by atoms with van der Waals surface area (Å²) in [6, 6.07) is 0. The van der Waals surface area contributed by atoms with Crippen LogP contribution in [0.3, 0.4) is 0 Å². The first-order chi connectivity index (χ1) is 8.65. The molecular formula is C11H18ClN5S. The molecule has 1 aromatic heterocycles. The topological polar surface area (TPSA) is 53.9 Å². The van der Waals surface area contributed by atoms with Crippen LogP contribution in [0.25, 0.3) is 0 Å². The van der Waals surface area contributed by atoms with E-state index in [1.54, 1.807) is 0 Å². The van der Waals surface area contributed by atoms with E-state index in [4.69, 9.17) is 11.6 Å². The molecule has 0 aliphatic carbocycles. The summed E-state index contributed by atoms with van der Waals surface area (Å²) in [5.74, 6) is 2.39. The smallest absolute Gasteiger partial charge is 0.230 e. The summed E-state index contributed by atoms with van der Waals surface area (Å²) in [6.45, 7) is 0.887. The third kappa shape index (κ3) is 3.88. The molecule has 5 nitrogen and oxygen atoms in total. The van der Waals surface area contributed by atoms with Gasteiger partial charge >= 0.3 is 0 Å². The molecule has 100 valence electrons. The van der Waals surface area contributed by atoms with Crippen LogP contribution < -0.4 is 10.2 Å². The first-order valence-corrected chi connectivity index (χ1v) is 7.52. The van der Waals surface area contributed by atoms with Gasteiger partial charge in [-0.3, -0.25) is 0 Å². The molecule has 18 heavy (non-hydrogen) atoms. The maximum atomic E-state index is 5.88. The van der Waals surface area contributed by atoms with Crippen LogP contribution in [-0.2, 0) is 0 Å². The zero-order valence-corrected chi connectivity index (χ0v) is 12.3. The molecule has 0 saturated carbocycles. The molecule has 0 spiro atoms. The summed E-state index contributed by atoms with van der Waals surface area (Å²) in [5, 5.41) is 4.14. The number of hydrogen-bond acceptors (Lipinski definition) is 6. The van der Waals surface area contributed by atoms with Crippen LogP contribution in [0, 0.1) is 0 Å². The molecule has 2 rings (SSSR count). The largest absolute Gasteiger partial charge is 0.353 e. The molecule has 0 amide bonds. The summed E-state index contributed by atoms with van der Waals surface area (Å²) < 4.78 is 0. The third-order valence-electron chi connectivity index (χ3n) is 2.76. The Morgan fingerprint density at radius 3 is 2.83 bits per heavy atom. The Hall–Kier alpha value is -0.750. The minimum Gasteiger partial charge on any atom is -0.353 e. The van der Waals surface area contributed by atoms with Crippen LogP contribution in [0.5, 0.6) is 0 Å². The lowest BCUT2D eigenvalue weighted by Crippen LogP contribution is -2.22. The predicted octanol–water partition coefficient (Wildman–Crippen LogP) is 2.29. The summed E-state index contributed by atoms with van der Waals surface area (Å²) in [6.07, 6.45) is 3.92. The molecule has 2 heterocycles. The Balaban J connectivity index is 1.95. The average molecular weight is 288 g/mol. The van der Waals surface area contributed by atoms with Gasteiger partial charge < -0.3 is 10.2 Å². The van der Waals surface area contributed by atoms with Gasteiger partial charge in [0.1, 0.15) is 0 Å². The Kier molecular flexibility index (Phi) is 4.88. The lowest BCUT2D eigenvalue weighted by atomic mass is 10.2. The van der Waals surface area contributed by atoms with Gasteiger partial charge in [0.05, 0.1) is 0 Å². The standard InChI is InChI=1S/C11H18ClN5S/c1-17(2)11-15-9(12)14-10(16-11)13-7-8-5-3-4-6-18-8/h8H,3-7H2,1-2H3,(H,13,14,15,16). The number of hydrogen-bond donors (Lipinski definition) is 1. The van der Waals surface area contributed by atoms with E-state index >= 15 is 0 Å². The van der Waals surface area contributed by atoms with E-state index in [0.29, 0.717) is 17.1 Å². The minimum absolute atomic E-state index is 0.229. The minimum atomic E-state index is 0.229. The summed E-state index contributed by atoms with van der Waals surface area (Å²) in [4.78, 5) is 14.3. The number of nitrogens with one attached hydrogen (secondary N) is 1. The van der Waals surface area contributed by atoms with Gasteiger partial charge in [0, 0.05) is 25.9 Å². The van der Waals surface area contributed by atoms with Gasteiger partial charge in [-0.05, 0) is 30.2 Å². The molecule has 1 N–H and O–H groups in total. The molecule has 0 bridgehead atoms. The van der Waals surface area contributed by atoms with Crippen LogP contribution in [0.1, 0.15) is 19.3 Å². The van der Waals surface area contributed by atoms with Crippen molar-refractivity contribution < 1.29 is 0 Å². The second kappa shape index (κ2) is 6.43. The van der Waals surface area contributed by atoms with Crippen molar-refractivity contribution in [2.45, 2.75) is 24.5 Å². The fourth-order valence-corrected chi connectivity index (χ4v) is 3.19. The highest BCUT2D eigenvalue weighted by Crippen LogP contribution is 2.25. The molecule has 1 atom stereocenters. The lowest BCUT2D eigenvalue weighted by Gasteiger charge is -2.21. The van der Waals surface area contributed by atoms with E-state index < -0.39 is 0 Å². The van der Waals surface area contributed by atoms with Gasteiger partial charge in [0.25, 0.3) is 0 Å². The summed E-state index contributed by atoms with van der Waals surface area (Å²) >= 11 is 7.90. The molecule has 1 fully saturated rings. The zero-order valence-electron chi connectivity index (χ0n) is 10.7. The first kappa shape index (κ1) is 13.7. The van der Waals surface area contributed by atoms with Crippen molar-refractivity contribution >= 4 is 35.3 Å². The van der Waals surface area contributed by atoms with E-state index in [1.165, 1.54) is 25.0 Å². The van der Waals surface area contributed by atoms with Crippen LogP contribution in [0.15, 0.2) is 0 Å². The lowest BCUT2D eigenvalue weighted by molar-refractivity contribution is 0.676. The highest BCUT2D eigenvalue weighted by atomic mass is 35.5. The number of rotatable bonds is 4. The van der Waals surface area contributed by atoms with Crippen LogP contribution in [-0.4, -0.2) is 46.6 Å². The van der Waals surface area contributed by atoms with E-state index in [2.05, 4.69) is 20.3 Å². The number of anilines is 2. The molecule has 7 heteroatoms. The van der Waals surface area contributed by atoms with Crippen molar-refractivity contribution in [2.24, 2.45) is 0 Å². The van der Waals surface area contributed by atoms with E-state index in [1.807, 2.05) is 30.8 Å². The molecule has 0 aromatic carbocycles. The summed E-state index contributed by atoms with van der Waals surface area (Å²) in [5.41, 5.74) is 0. The van der Waals surface area contributed by atoms with Crippen molar-refractivity contribution in [3.63, 3.8) is 0 Å². The van der Waals surface area contributed by atoms with Crippen LogP contribution >= 0.6 is 23.4 Å². The van der Waals surface area contributed by atoms with Gasteiger partial charge in [0.2, 0.25) is 17.2 Å². The van der Waals surface area contributed by atoms with E-state index in [9.17, 15) is 0 Å². The number of aromatic nitrogens is 3. The number of nitrogens with zero attached hydrogens (tertiary/aromatic N) is 4. The fraction of sp³-hybridized carbons (Fsp3) is 0.727. The van der Waals surface area contributed by atoms with Crippen molar-refractivity contribution in [1.29, 1.82) is 0 Å². The number of halogens is 1. The summed E-state index contributed by atoms with van der Waals surface area (Å²) in [7, 11) is 3.76. The molecule has 1 unspecified atom stereocenters. The average Bonchev–Trinajstić information content (AvgIpc) is 2.37. The molecule has 1 aromatic rings. The third-order valence-corrected chi connectivity index (χ3v) is 4.33. The van der Waals surface area contributed by atoms with Crippen molar-refractivity contribution in [3.8, 4) is 0 Å². The predicted molar refractivity (Wildman–Crippen MR) is 77.8 cm³/mol. The zero-order chi connectivity index (χ0) is 13.0. The van der Waals surface area contributed by atoms with Gasteiger partial charge in [0.15, 0.2) is 0 Å². The van der Waals surface area contributed by atoms with Gasteiger partial charge in [-0.25, -0.2) is 0 Å². The SMILES string of the molecule is CN(C)c1nc(Cl)nc(NCC2CCCCS2)n1. The highest BCUT2D eigenvalue weighted by molar-refractivity contribution is 7.99. The molecule has 1 aliphatic rings. The second-order valence-corrected chi connectivity index (χ2v) is 6.24. The van der Waals surface area contributed by atoms with Crippen molar-refractivity contribution in [1.82, 2.24) is 15.0 Å². The van der Waals surface area contributed by atoms with Gasteiger partial charge in [-0.1, -0.05) is 6.42 Å². The fourth-order valence-electron chi connectivity index (χ4n) is 1.79. The molecule has 1 saturated heterocycles. The van der Waals surface area contributed by atoms with Gasteiger partial charge in [-0.2, -0.15) is 26.7 Å². The van der Waals surface area contributed by atoms with E-state index in [0.717, 1.165) is 6.54 Å². The highest BCUT2D eigenvalue weighted by Gasteiger charge is 2.14. The molecule has 0 radical (unpaired) electrons. The van der Waals surface area contributed by atoms with Crippen LogP contribution in [0.2, 0.25) is 5.28 Å².